The Kier molecular flexibility index (Phi) is 4.40. The topological polar surface area (TPSA) is 51.4 Å². The molecule has 106 valence electrons. The molecule has 1 aromatic carbocycles. The molecule has 0 aliphatic carbocycles. The largest absolute Gasteiger partial charge is 0.476 e. The molecule has 2 rings (SSSR count). The molecule has 2 N–H and O–H groups in total. The Balaban J connectivity index is 2.42. The van der Waals surface area contributed by atoms with Crippen LogP contribution in [0.1, 0.15) is 13.8 Å². The fourth-order valence-corrected chi connectivity index (χ4v) is 1.97. The van der Waals surface area contributed by atoms with Gasteiger partial charge in [0.1, 0.15) is 11.6 Å². The molecule has 0 unspecified atom stereocenters. The molecule has 5 heteroatoms. The zero-order valence-corrected chi connectivity index (χ0v) is 11.6. The van der Waals surface area contributed by atoms with Crippen molar-refractivity contribution in [3.05, 3.63) is 42.2 Å². The van der Waals surface area contributed by atoms with E-state index in [1.165, 1.54) is 6.07 Å². The van der Waals surface area contributed by atoms with Crippen molar-refractivity contribution >= 4 is 17.2 Å². The van der Waals surface area contributed by atoms with Gasteiger partial charge in [0, 0.05) is 6.54 Å². The second-order valence-electron chi connectivity index (χ2n) is 4.19. The third-order valence-electron chi connectivity index (χ3n) is 2.89. The van der Waals surface area contributed by atoms with E-state index in [1.807, 2.05) is 13.8 Å². The van der Waals surface area contributed by atoms with Gasteiger partial charge in [0.05, 0.1) is 18.0 Å². The van der Waals surface area contributed by atoms with Crippen molar-refractivity contribution < 1.29 is 9.13 Å². The Morgan fingerprint density at radius 1 is 1.20 bits per heavy atom. The van der Waals surface area contributed by atoms with Crippen LogP contribution in [0.5, 0.6) is 5.88 Å². The Morgan fingerprint density at radius 3 is 2.60 bits per heavy atom. The SMILES string of the molecule is CCOc1nc(N(CC)c2ccccc2F)ccc1N. The van der Waals surface area contributed by atoms with Crippen molar-refractivity contribution in [1.29, 1.82) is 0 Å². The number of aromatic nitrogens is 1. The fourth-order valence-electron chi connectivity index (χ4n) is 1.97. The summed E-state index contributed by atoms with van der Waals surface area (Å²) in [6.07, 6.45) is 0. The predicted molar refractivity (Wildman–Crippen MR) is 78.9 cm³/mol. The molecule has 0 atom stereocenters. The van der Waals surface area contributed by atoms with E-state index in [-0.39, 0.29) is 5.82 Å². The monoisotopic (exact) mass is 275 g/mol. The molecule has 0 aliphatic rings. The summed E-state index contributed by atoms with van der Waals surface area (Å²) in [6, 6.07) is 10.1. The summed E-state index contributed by atoms with van der Waals surface area (Å²) in [5.74, 6) is 0.695. The van der Waals surface area contributed by atoms with Gasteiger partial charge in [-0.1, -0.05) is 12.1 Å². The summed E-state index contributed by atoms with van der Waals surface area (Å²) >= 11 is 0. The summed E-state index contributed by atoms with van der Waals surface area (Å²) in [7, 11) is 0. The normalized spacial score (nSPS) is 10.3. The molecule has 0 radical (unpaired) electrons. The van der Waals surface area contributed by atoms with E-state index in [4.69, 9.17) is 10.5 Å². The van der Waals surface area contributed by atoms with E-state index in [9.17, 15) is 4.39 Å². The van der Waals surface area contributed by atoms with E-state index in [0.29, 0.717) is 36.2 Å². The van der Waals surface area contributed by atoms with E-state index in [0.717, 1.165) is 0 Å². The van der Waals surface area contributed by atoms with Crippen molar-refractivity contribution in [2.24, 2.45) is 0 Å². The number of hydrogen-bond donors (Lipinski definition) is 1. The highest BCUT2D eigenvalue weighted by Crippen LogP contribution is 2.29. The van der Waals surface area contributed by atoms with Crippen LogP contribution in [0.2, 0.25) is 0 Å². The van der Waals surface area contributed by atoms with Gasteiger partial charge in [-0.2, -0.15) is 4.98 Å². The minimum atomic E-state index is -0.286. The molecule has 0 spiro atoms. The molecule has 20 heavy (non-hydrogen) atoms. The summed E-state index contributed by atoms with van der Waals surface area (Å²) in [4.78, 5) is 6.14. The molecule has 2 aromatic rings. The zero-order chi connectivity index (χ0) is 14.5. The quantitative estimate of drug-likeness (QED) is 0.909. The molecular weight excluding hydrogens is 257 g/mol. The van der Waals surface area contributed by atoms with Crippen LogP contribution in [-0.2, 0) is 0 Å². The van der Waals surface area contributed by atoms with Gasteiger partial charge in [-0.05, 0) is 38.1 Å². The van der Waals surface area contributed by atoms with Crippen molar-refractivity contribution in [2.75, 3.05) is 23.8 Å². The Bertz CT molecular complexity index is 589. The lowest BCUT2D eigenvalue weighted by Gasteiger charge is -2.23. The maximum Gasteiger partial charge on any atom is 0.239 e. The molecule has 0 aliphatic heterocycles. The van der Waals surface area contributed by atoms with Crippen molar-refractivity contribution in [2.45, 2.75) is 13.8 Å². The van der Waals surface area contributed by atoms with Crippen LogP contribution in [-0.4, -0.2) is 18.1 Å². The van der Waals surface area contributed by atoms with Gasteiger partial charge >= 0.3 is 0 Å². The fraction of sp³-hybridized carbons (Fsp3) is 0.267. The number of pyridine rings is 1. The Labute approximate surface area is 118 Å². The standard InChI is InChI=1S/C15H18FN3O/c1-3-19(13-8-6-5-7-11(13)16)14-10-9-12(17)15(18-14)20-4-2/h5-10H,3-4,17H2,1-2H3. The second-order valence-corrected chi connectivity index (χ2v) is 4.19. The highest BCUT2D eigenvalue weighted by atomic mass is 19.1. The molecule has 0 bridgehead atoms. The number of nitrogen functional groups attached to an aromatic ring is 1. The van der Waals surface area contributed by atoms with Crippen molar-refractivity contribution in [3.8, 4) is 5.88 Å². The first-order valence-corrected chi connectivity index (χ1v) is 6.58. The average Bonchev–Trinajstić information content (AvgIpc) is 2.45. The molecule has 1 aromatic heterocycles. The number of hydrogen-bond acceptors (Lipinski definition) is 4. The van der Waals surface area contributed by atoms with E-state index in [1.54, 1.807) is 35.2 Å². The second kappa shape index (κ2) is 6.23. The lowest BCUT2D eigenvalue weighted by atomic mass is 10.2. The van der Waals surface area contributed by atoms with Gasteiger partial charge in [0.2, 0.25) is 5.88 Å². The third-order valence-corrected chi connectivity index (χ3v) is 2.89. The number of nitrogens with two attached hydrogens (primary N) is 1. The van der Waals surface area contributed by atoms with Crippen molar-refractivity contribution in [3.63, 3.8) is 0 Å². The lowest BCUT2D eigenvalue weighted by molar-refractivity contribution is 0.329. The van der Waals surface area contributed by atoms with E-state index in [2.05, 4.69) is 4.98 Å². The maximum absolute atomic E-state index is 13.9. The molecular formula is C15H18FN3O. The number of nitrogens with zero attached hydrogens (tertiary/aromatic N) is 2. The zero-order valence-electron chi connectivity index (χ0n) is 11.6. The van der Waals surface area contributed by atoms with Crippen LogP contribution < -0.4 is 15.4 Å². The van der Waals surface area contributed by atoms with Gasteiger partial charge < -0.3 is 15.4 Å². The number of anilines is 3. The minimum Gasteiger partial charge on any atom is -0.476 e. The summed E-state index contributed by atoms with van der Waals surface area (Å²) < 4.78 is 19.3. The Morgan fingerprint density at radius 2 is 1.95 bits per heavy atom. The number of para-hydroxylation sites is 1. The van der Waals surface area contributed by atoms with Crippen molar-refractivity contribution in [1.82, 2.24) is 4.98 Å². The molecule has 4 nitrogen and oxygen atoms in total. The minimum absolute atomic E-state index is 0.286. The van der Waals surface area contributed by atoms with Gasteiger partial charge in [0.15, 0.2) is 0 Å². The maximum atomic E-state index is 13.9. The Hall–Kier alpha value is -2.30. The first-order chi connectivity index (χ1) is 9.67. The highest BCUT2D eigenvalue weighted by Gasteiger charge is 2.14. The third kappa shape index (κ3) is 2.82. The first kappa shape index (κ1) is 14.1. The lowest BCUT2D eigenvalue weighted by Crippen LogP contribution is -2.19. The number of ether oxygens (including phenoxy) is 1. The number of rotatable bonds is 5. The molecule has 0 saturated carbocycles. The summed E-state index contributed by atoms with van der Waals surface area (Å²) in [6.45, 7) is 4.86. The van der Waals surface area contributed by atoms with Crippen LogP contribution in [0.15, 0.2) is 36.4 Å². The van der Waals surface area contributed by atoms with E-state index < -0.39 is 0 Å². The molecule has 0 amide bonds. The number of benzene rings is 1. The average molecular weight is 275 g/mol. The van der Waals surface area contributed by atoms with Gasteiger partial charge in [-0.3, -0.25) is 0 Å². The van der Waals surface area contributed by atoms with Crippen LogP contribution in [0, 0.1) is 5.82 Å². The molecule has 0 saturated heterocycles. The molecule has 1 heterocycles. The van der Waals surface area contributed by atoms with Gasteiger partial charge in [-0.25, -0.2) is 4.39 Å². The summed E-state index contributed by atoms with van der Waals surface area (Å²) in [5.41, 5.74) is 6.76. The highest BCUT2D eigenvalue weighted by molar-refractivity contribution is 5.63. The first-order valence-electron chi connectivity index (χ1n) is 6.58. The van der Waals surface area contributed by atoms with Crippen LogP contribution >= 0.6 is 0 Å². The predicted octanol–water partition coefficient (Wildman–Crippen LogP) is 3.36. The van der Waals surface area contributed by atoms with Crippen LogP contribution in [0.4, 0.5) is 21.6 Å². The summed E-state index contributed by atoms with van der Waals surface area (Å²) in [5, 5.41) is 0. The molecule has 0 fully saturated rings. The van der Waals surface area contributed by atoms with Gasteiger partial charge in [0.25, 0.3) is 0 Å². The van der Waals surface area contributed by atoms with Crippen LogP contribution in [0.3, 0.4) is 0 Å². The smallest absolute Gasteiger partial charge is 0.239 e. The van der Waals surface area contributed by atoms with Crippen LogP contribution in [0.25, 0.3) is 0 Å². The van der Waals surface area contributed by atoms with E-state index >= 15 is 0 Å². The number of halogens is 1. The van der Waals surface area contributed by atoms with Gasteiger partial charge in [-0.15, -0.1) is 0 Å².